The zero-order valence-corrected chi connectivity index (χ0v) is 12.4. The molecule has 1 aromatic heterocycles. The Hall–Kier alpha value is -1.65. The van der Waals surface area contributed by atoms with Crippen LogP contribution in [0.25, 0.3) is 10.8 Å². The summed E-state index contributed by atoms with van der Waals surface area (Å²) in [6, 6.07) is 7.93. The molecule has 21 heavy (non-hydrogen) atoms. The number of pyridine rings is 1. The lowest BCUT2D eigenvalue weighted by molar-refractivity contribution is 0.176. The standard InChI is InChI=1S/C17H22N2O2/c1-12-4-2-6-15-16(12)10-13(18-17(15)21)5-3-8-19-9-7-14(20)11-19/h2,4,6,10,14,20H,3,5,7-9,11H2,1H3,(H,18,21). The van der Waals surface area contributed by atoms with Gasteiger partial charge in [0.25, 0.3) is 5.56 Å². The second-order valence-corrected chi connectivity index (χ2v) is 6.01. The lowest BCUT2D eigenvalue weighted by Crippen LogP contribution is -2.23. The van der Waals surface area contributed by atoms with Crippen LogP contribution in [0.1, 0.15) is 24.1 Å². The number of aliphatic hydroxyl groups excluding tert-OH is 1. The Morgan fingerprint density at radius 2 is 2.24 bits per heavy atom. The van der Waals surface area contributed by atoms with Crippen LogP contribution >= 0.6 is 0 Å². The van der Waals surface area contributed by atoms with E-state index in [-0.39, 0.29) is 11.7 Å². The van der Waals surface area contributed by atoms with E-state index in [1.165, 1.54) is 0 Å². The molecule has 1 unspecified atom stereocenters. The zero-order chi connectivity index (χ0) is 14.8. The SMILES string of the molecule is Cc1cccc2c(=O)[nH]c(CCCN3CCC(O)C3)cc12. The number of rotatable bonds is 4. The Labute approximate surface area is 124 Å². The lowest BCUT2D eigenvalue weighted by atomic mass is 10.1. The Morgan fingerprint density at radius 3 is 3.00 bits per heavy atom. The first-order valence-electron chi connectivity index (χ1n) is 7.65. The molecule has 0 saturated carbocycles. The molecule has 1 aliphatic heterocycles. The summed E-state index contributed by atoms with van der Waals surface area (Å²) in [5.74, 6) is 0. The van der Waals surface area contributed by atoms with Gasteiger partial charge in [-0.1, -0.05) is 12.1 Å². The van der Waals surface area contributed by atoms with E-state index < -0.39 is 0 Å². The van der Waals surface area contributed by atoms with Gasteiger partial charge in [-0.3, -0.25) is 4.79 Å². The van der Waals surface area contributed by atoms with Gasteiger partial charge >= 0.3 is 0 Å². The van der Waals surface area contributed by atoms with Crippen molar-refractivity contribution in [1.82, 2.24) is 9.88 Å². The van der Waals surface area contributed by atoms with E-state index in [4.69, 9.17) is 0 Å². The summed E-state index contributed by atoms with van der Waals surface area (Å²) >= 11 is 0. The fraction of sp³-hybridized carbons (Fsp3) is 0.471. The van der Waals surface area contributed by atoms with E-state index in [9.17, 15) is 9.90 Å². The Morgan fingerprint density at radius 1 is 1.38 bits per heavy atom. The fourth-order valence-electron chi connectivity index (χ4n) is 3.14. The highest BCUT2D eigenvalue weighted by Crippen LogP contribution is 2.16. The maximum atomic E-state index is 12.1. The first-order chi connectivity index (χ1) is 10.1. The number of hydrogen-bond donors (Lipinski definition) is 2. The van der Waals surface area contributed by atoms with Gasteiger partial charge in [0.1, 0.15) is 0 Å². The van der Waals surface area contributed by atoms with Crippen molar-refractivity contribution >= 4 is 10.8 Å². The second kappa shape index (κ2) is 6.00. The third-order valence-electron chi connectivity index (χ3n) is 4.33. The highest BCUT2D eigenvalue weighted by atomic mass is 16.3. The molecule has 4 nitrogen and oxygen atoms in total. The molecule has 112 valence electrons. The molecule has 1 fully saturated rings. The minimum absolute atomic E-state index is 0.00259. The Balaban J connectivity index is 1.70. The zero-order valence-electron chi connectivity index (χ0n) is 12.4. The number of benzene rings is 1. The Bertz CT molecular complexity index is 693. The van der Waals surface area contributed by atoms with Crippen LogP contribution in [0.2, 0.25) is 0 Å². The molecule has 4 heteroatoms. The van der Waals surface area contributed by atoms with Crippen molar-refractivity contribution in [3.63, 3.8) is 0 Å². The monoisotopic (exact) mass is 286 g/mol. The summed E-state index contributed by atoms with van der Waals surface area (Å²) in [4.78, 5) is 17.4. The Kier molecular flexibility index (Phi) is 4.08. The van der Waals surface area contributed by atoms with Crippen LogP contribution < -0.4 is 5.56 Å². The average Bonchev–Trinajstić information content (AvgIpc) is 2.86. The number of H-pyrrole nitrogens is 1. The normalized spacial score (nSPS) is 19.4. The number of β-amino-alcohol motifs (C(OH)–C–C–N with tert-alkyl or cyclic N) is 1. The van der Waals surface area contributed by atoms with E-state index in [0.29, 0.717) is 0 Å². The second-order valence-electron chi connectivity index (χ2n) is 6.01. The van der Waals surface area contributed by atoms with Crippen molar-refractivity contribution in [2.75, 3.05) is 19.6 Å². The van der Waals surface area contributed by atoms with E-state index in [0.717, 1.165) is 60.9 Å². The fourth-order valence-corrected chi connectivity index (χ4v) is 3.14. The van der Waals surface area contributed by atoms with Gasteiger partial charge in [0.15, 0.2) is 0 Å². The molecule has 2 aromatic rings. The van der Waals surface area contributed by atoms with E-state index >= 15 is 0 Å². The number of hydrogen-bond acceptors (Lipinski definition) is 3. The van der Waals surface area contributed by atoms with Crippen LogP contribution in [0, 0.1) is 6.92 Å². The molecule has 2 heterocycles. The molecule has 1 saturated heterocycles. The highest BCUT2D eigenvalue weighted by molar-refractivity contribution is 5.84. The van der Waals surface area contributed by atoms with Crippen molar-refractivity contribution in [3.8, 4) is 0 Å². The van der Waals surface area contributed by atoms with Gasteiger partial charge in [0.2, 0.25) is 0 Å². The van der Waals surface area contributed by atoms with Crippen LogP contribution in [-0.4, -0.2) is 40.7 Å². The minimum Gasteiger partial charge on any atom is -0.392 e. The molecule has 2 N–H and O–H groups in total. The minimum atomic E-state index is -0.159. The predicted octanol–water partition coefficient (Wildman–Crippen LogP) is 1.84. The van der Waals surface area contributed by atoms with Crippen LogP contribution in [-0.2, 0) is 6.42 Å². The third-order valence-corrected chi connectivity index (χ3v) is 4.33. The van der Waals surface area contributed by atoms with Gasteiger partial charge in [-0.2, -0.15) is 0 Å². The third kappa shape index (κ3) is 3.17. The molecule has 0 radical (unpaired) electrons. The van der Waals surface area contributed by atoms with Crippen LogP contribution in [0.4, 0.5) is 0 Å². The topological polar surface area (TPSA) is 56.3 Å². The van der Waals surface area contributed by atoms with Crippen LogP contribution in [0.5, 0.6) is 0 Å². The molecular weight excluding hydrogens is 264 g/mol. The summed E-state index contributed by atoms with van der Waals surface area (Å²) in [6.45, 7) is 4.78. The maximum Gasteiger partial charge on any atom is 0.256 e. The lowest BCUT2D eigenvalue weighted by Gasteiger charge is -2.14. The van der Waals surface area contributed by atoms with Gasteiger partial charge in [-0.05, 0) is 55.8 Å². The maximum absolute atomic E-state index is 12.1. The summed E-state index contributed by atoms with van der Waals surface area (Å²) in [5, 5.41) is 11.3. The number of aromatic amines is 1. The largest absolute Gasteiger partial charge is 0.392 e. The number of aryl methyl sites for hydroxylation is 2. The first-order valence-corrected chi connectivity index (χ1v) is 7.65. The number of likely N-dealkylation sites (tertiary alicyclic amines) is 1. The predicted molar refractivity (Wildman–Crippen MR) is 84.7 cm³/mol. The molecule has 0 amide bonds. The molecule has 1 aliphatic rings. The molecule has 0 bridgehead atoms. The first kappa shape index (κ1) is 14.3. The summed E-state index contributed by atoms with van der Waals surface area (Å²) < 4.78 is 0. The van der Waals surface area contributed by atoms with Gasteiger partial charge in [0.05, 0.1) is 6.10 Å². The number of fused-ring (bicyclic) bond motifs is 1. The molecular formula is C17H22N2O2. The number of nitrogens with zero attached hydrogens (tertiary/aromatic N) is 1. The summed E-state index contributed by atoms with van der Waals surface area (Å²) in [6.07, 6.45) is 2.59. The summed E-state index contributed by atoms with van der Waals surface area (Å²) in [5.41, 5.74) is 2.15. The summed E-state index contributed by atoms with van der Waals surface area (Å²) in [7, 11) is 0. The van der Waals surface area contributed by atoms with E-state index in [1.807, 2.05) is 25.1 Å². The number of nitrogens with one attached hydrogen (secondary N) is 1. The number of aromatic nitrogens is 1. The van der Waals surface area contributed by atoms with Crippen molar-refractivity contribution in [2.24, 2.45) is 0 Å². The van der Waals surface area contributed by atoms with Gasteiger partial charge in [-0.15, -0.1) is 0 Å². The molecule has 1 aromatic carbocycles. The van der Waals surface area contributed by atoms with Crippen molar-refractivity contribution in [2.45, 2.75) is 32.3 Å². The van der Waals surface area contributed by atoms with Gasteiger partial charge < -0.3 is 15.0 Å². The van der Waals surface area contributed by atoms with Crippen molar-refractivity contribution < 1.29 is 5.11 Å². The van der Waals surface area contributed by atoms with Gasteiger partial charge in [-0.25, -0.2) is 0 Å². The van der Waals surface area contributed by atoms with E-state index in [2.05, 4.69) is 16.0 Å². The molecule has 0 spiro atoms. The highest BCUT2D eigenvalue weighted by Gasteiger charge is 2.19. The molecule has 3 rings (SSSR count). The van der Waals surface area contributed by atoms with E-state index in [1.54, 1.807) is 0 Å². The quantitative estimate of drug-likeness (QED) is 0.901. The van der Waals surface area contributed by atoms with Crippen LogP contribution in [0.3, 0.4) is 0 Å². The number of aliphatic hydroxyl groups is 1. The molecule has 0 aliphatic carbocycles. The molecule has 1 atom stereocenters. The average molecular weight is 286 g/mol. The van der Waals surface area contributed by atoms with Gasteiger partial charge in [0, 0.05) is 24.2 Å². The van der Waals surface area contributed by atoms with Crippen molar-refractivity contribution in [1.29, 1.82) is 0 Å². The van der Waals surface area contributed by atoms with Crippen molar-refractivity contribution in [3.05, 3.63) is 45.9 Å². The van der Waals surface area contributed by atoms with Crippen LogP contribution in [0.15, 0.2) is 29.1 Å². The smallest absolute Gasteiger partial charge is 0.256 e.